The monoisotopic (exact) mass is 806 g/mol. The lowest BCUT2D eigenvalue weighted by atomic mass is 9.90. The Bertz CT molecular complexity index is 1510. The van der Waals surface area contributed by atoms with Crippen molar-refractivity contribution in [1.82, 2.24) is 15.1 Å². The largest absolute Gasteiger partial charge is 0.354 e. The molecule has 1 saturated carbocycles. The van der Waals surface area contributed by atoms with Gasteiger partial charge in [0.05, 0.1) is 16.9 Å². The third-order valence-electron chi connectivity index (χ3n) is 9.14. The fourth-order valence-electron chi connectivity index (χ4n) is 6.23. The molecule has 13 heteroatoms. The van der Waals surface area contributed by atoms with Crippen LogP contribution in [0.1, 0.15) is 106 Å². The van der Waals surface area contributed by atoms with E-state index in [0.29, 0.717) is 20.9 Å². The second-order valence-electron chi connectivity index (χ2n) is 13.0. The number of nitrogens with zero attached hydrogens (tertiary/aromatic N) is 3. The van der Waals surface area contributed by atoms with Crippen LogP contribution in [-0.4, -0.2) is 85.9 Å². The van der Waals surface area contributed by atoms with E-state index < -0.39 is 19.6 Å². The summed E-state index contributed by atoms with van der Waals surface area (Å²) in [6.07, 6.45) is 9.94. The summed E-state index contributed by atoms with van der Waals surface area (Å²) in [7, 11) is 2.34. The Kier molecular flexibility index (Phi) is 27.4. The third kappa shape index (κ3) is 18.1. The molecule has 3 aromatic rings. The maximum atomic E-state index is 13.5. The highest BCUT2D eigenvalue weighted by molar-refractivity contribution is 7.46. The van der Waals surface area contributed by atoms with Crippen molar-refractivity contribution in [2.45, 2.75) is 91.1 Å². The van der Waals surface area contributed by atoms with Gasteiger partial charge in [-0.05, 0) is 93.9 Å². The quantitative estimate of drug-likeness (QED) is 0.144. The predicted molar refractivity (Wildman–Crippen MR) is 225 cm³/mol. The molecule has 3 N–H and O–H groups in total. The van der Waals surface area contributed by atoms with E-state index in [0.717, 1.165) is 43.7 Å². The molecule has 1 aromatic heterocycles. The first-order valence-electron chi connectivity index (χ1n) is 19.3. The van der Waals surface area contributed by atoms with Gasteiger partial charge >= 0.3 is 5.66 Å². The van der Waals surface area contributed by atoms with E-state index in [9.17, 15) is 18.4 Å². The van der Waals surface area contributed by atoms with Crippen LogP contribution in [0.3, 0.4) is 0 Å². The number of amides is 1. The van der Waals surface area contributed by atoms with Crippen LogP contribution >= 0.6 is 19.7 Å². The minimum absolute atomic E-state index is 0.155. The molecular formula is C42H65F2N4O5PS. The number of aldehydes is 1. The molecule has 2 aromatic carbocycles. The molecule has 3 atom stereocenters. The fraction of sp³-hybridized carbons (Fsp3) is 0.571. The van der Waals surface area contributed by atoms with E-state index in [2.05, 4.69) is 54.3 Å². The lowest BCUT2D eigenvalue weighted by Crippen LogP contribution is -2.15. The standard InChI is InChI=1S/C12H14N2.C11H10F2NO3PS.C9H16O.C5H11N.2C2H6.CH2O/c1-14-8-11(7-13)12(9-14)10-5-3-2-4-6-10;1-14-10(15)9-5-6-4-7(2-3-8(6)19-9)11(12,13)18(16)17;1-2-3-8(6-7-10)9-4-5-9;1-6-4-2-3-5-6;3*1-2/h2-6,11-12H,8-9H2,1H3;2-5,16-17H,1H3,(H,14,15);7-9H,2-6H2,1H3;2-5H2,1H3;2*1-2H3;1H2. The zero-order valence-corrected chi connectivity index (χ0v) is 35.9. The van der Waals surface area contributed by atoms with Gasteiger partial charge in [0, 0.05) is 42.7 Å². The smallest absolute Gasteiger partial charge is 0.339 e. The summed E-state index contributed by atoms with van der Waals surface area (Å²) in [5, 5.41) is 12.0. The van der Waals surface area contributed by atoms with E-state index >= 15 is 0 Å². The van der Waals surface area contributed by atoms with Gasteiger partial charge in [0.2, 0.25) is 8.38 Å². The summed E-state index contributed by atoms with van der Waals surface area (Å²) in [5.41, 5.74) is -2.86. The van der Waals surface area contributed by atoms with Crippen LogP contribution in [0.25, 0.3) is 10.1 Å². The third-order valence-corrected chi connectivity index (χ3v) is 11.0. The van der Waals surface area contributed by atoms with E-state index in [1.165, 1.54) is 93.8 Å². The molecule has 0 spiro atoms. The number of likely N-dealkylation sites (N-methyl/N-ethyl adjacent to an activating group) is 1. The molecule has 3 fully saturated rings. The number of carbonyl (C=O) groups excluding carboxylic acids is 3. The number of likely N-dealkylation sites (tertiary alicyclic amines) is 2. The number of thiophene rings is 1. The molecule has 2 saturated heterocycles. The van der Waals surface area contributed by atoms with E-state index in [-0.39, 0.29) is 11.8 Å². The predicted octanol–water partition coefficient (Wildman–Crippen LogP) is 9.44. The van der Waals surface area contributed by atoms with E-state index in [1.807, 2.05) is 52.7 Å². The minimum Gasteiger partial charge on any atom is -0.354 e. The van der Waals surface area contributed by atoms with Crippen LogP contribution in [0.4, 0.5) is 8.78 Å². The second-order valence-corrected chi connectivity index (χ2v) is 15.3. The van der Waals surface area contributed by atoms with Gasteiger partial charge in [-0.1, -0.05) is 83.9 Å². The highest BCUT2D eigenvalue weighted by Crippen LogP contribution is 2.53. The topological polar surface area (TPSA) is 134 Å². The second kappa shape index (κ2) is 29.1. The summed E-state index contributed by atoms with van der Waals surface area (Å²) in [5.74, 6) is 1.89. The van der Waals surface area contributed by atoms with Crippen LogP contribution < -0.4 is 5.32 Å². The van der Waals surface area contributed by atoms with Crippen molar-refractivity contribution in [2.75, 3.05) is 47.3 Å². The molecule has 3 heterocycles. The molecule has 2 aliphatic heterocycles. The molecule has 0 radical (unpaired) electrons. The summed E-state index contributed by atoms with van der Waals surface area (Å²) < 4.78 is 27.7. The Balaban J connectivity index is 0.000000714. The number of hydrogen-bond acceptors (Lipinski definition) is 9. The van der Waals surface area contributed by atoms with Gasteiger partial charge in [-0.3, -0.25) is 4.79 Å². The summed E-state index contributed by atoms with van der Waals surface area (Å²) in [6, 6.07) is 18.0. The van der Waals surface area contributed by atoms with Gasteiger partial charge in [-0.25, -0.2) is 0 Å². The Morgan fingerprint density at radius 3 is 2.09 bits per heavy atom. The maximum absolute atomic E-state index is 13.5. The molecule has 1 amide bonds. The Hall–Kier alpha value is -3.17. The van der Waals surface area contributed by atoms with E-state index in [4.69, 9.17) is 19.8 Å². The van der Waals surface area contributed by atoms with Gasteiger partial charge in [0.1, 0.15) is 13.1 Å². The Morgan fingerprint density at radius 1 is 1.04 bits per heavy atom. The molecule has 3 aliphatic rings. The van der Waals surface area contributed by atoms with Gasteiger partial charge in [0.15, 0.2) is 0 Å². The molecule has 9 nitrogen and oxygen atoms in total. The summed E-state index contributed by atoms with van der Waals surface area (Å²) in [6.45, 7) is 16.7. The van der Waals surface area contributed by atoms with Crippen LogP contribution in [0, 0.1) is 29.1 Å². The van der Waals surface area contributed by atoms with Gasteiger partial charge in [-0.2, -0.15) is 14.0 Å². The summed E-state index contributed by atoms with van der Waals surface area (Å²) >= 11 is 1.18. The molecule has 3 unspecified atom stereocenters. The fourth-order valence-corrected chi connectivity index (χ4v) is 7.59. The number of alkyl halides is 2. The normalized spacial score (nSPS) is 18.0. The first-order valence-corrected chi connectivity index (χ1v) is 21.4. The number of hydrogen-bond donors (Lipinski definition) is 3. The SMILES string of the molecule is C=O.CC.CC.CCCC(CC=O)C1CC1.CN1CC(C#N)C(c2ccccc2)C1.CN1CCCC1.CNC(=O)c1cc2cc(C(F)(F)P(O)O)ccc2s1. The molecule has 308 valence electrons. The highest BCUT2D eigenvalue weighted by Gasteiger charge is 2.41. The average Bonchev–Trinajstić information content (AvgIpc) is 3.58. The lowest BCUT2D eigenvalue weighted by Gasteiger charge is -2.17. The van der Waals surface area contributed by atoms with Crippen LogP contribution in [-0.2, 0) is 15.3 Å². The van der Waals surface area contributed by atoms with Gasteiger partial charge < -0.3 is 34.5 Å². The number of halogens is 2. The number of rotatable bonds is 9. The van der Waals surface area contributed by atoms with Crippen molar-refractivity contribution in [3.05, 3.63) is 70.6 Å². The number of nitrogens with one attached hydrogen (secondary N) is 1. The molecule has 1 aliphatic carbocycles. The van der Waals surface area contributed by atoms with Gasteiger partial charge in [0.25, 0.3) is 5.91 Å². The van der Waals surface area contributed by atoms with E-state index in [1.54, 1.807) is 0 Å². The van der Waals surface area contributed by atoms with Crippen LogP contribution in [0.2, 0.25) is 0 Å². The Labute approximate surface area is 334 Å². The zero-order valence-electron chi connectivity index (χ0n) is 34.1. The van der Waals surface area contributed by atoms with Crippen molar-refractivity contribution < 1.29 is 33.0 Å². The molecule has 55 heavy (non-hydrogen) atoms. The first kappa shape index (κ1) is 51.8. The maximum Gasteiger partial charge on any atom is 0.339 e. The Morgan fingerprint density at radius 2 is 1.64 bits per heavy atom. The number of nitriles is 1. The van der Waals surface area contributed by atoms with Crippen LogP contribution in [0.15, 0.2) is 54.6 Å². The van der Waals surface area contributed by atoms with Crippen molar-refractivity contribution in [1.29, 1.82) is 5.26 Å². The molecule has 0 bridgehead atoms. The number of benzene rings is 2. The van der Waals surface area contributed by atoms with Crippen molar-refractivity contribution >= 4 is 48.8 Å². The lowest BCUT2D eigenvalue weighted by molar-refractivity contribution is -0.108. The minimum atomic E-state index is -3.68. The average molecular weight is 807 g/mol. The summed E-state index contributed by atoms with van der Waals surface area (Å²) in [4.78, 5) is 52.2. The number of carbonyl (C=O) groups is 3. The number of fused-ring (bicyclic) bond motifs is 1. The van der Waals surface area contributed by atoms with Crippen molar-refractivity contribution in [3.8, 4) is 6.07 Å². The van der Waals surface area contributed by atoms with Crippen LogP contribution in [0.5, 0.6) is 0 Å². The zero-order chi connectivity index (χ0) is 42.0. The first-order chi connectivity index (χ1) is 26.4. The van der Waals surface area contributed by atoms with Gasteiger partial charge in [-0.15, -0.1) is 11.3 Å². The molecular weight excluding hydrogens is 742 g/mol. The molecule has 6 rings (SSSR count). The van der Waals surface area contributed by atoms with Crippen molar-refractivity contribution in [2.24, 2.45) is 17.8 Å². The van der Waals surface area contributed by atoms with Crippen molar-refractivity contribution in [3.63, 3.8) is 0 Å². The highest BCUT2D eigenvalue weighted by atomic mass is 32.1.